The number of halogens is 3. The number of aryl methyl sites for hydroxylation is 1. The van der Waals surface area contributed by atoms with Crippen LogP contribution in [0.2, 0.25) is 0 Å². The third-order valence-electron chi connectivity index (χ3n) is 3.21. The molecule has 1 heterocycles. The molecule has 0 atom stereocenters. The molecule has 130 valence electrons. The Hall–Kier alpha value is -2.78. The van der Waals surface area contributed by atoms with Crippen molar-refractivity contribution in [1.82, 2.24) is 19.7 Å². The number of hydrogen-bond acceptors (Lipinski definition) is 3. The number of urea groups is 1. The van der Waals surface area contributed by atoms with Gasteiger partial charge in [0.05, 0.1) is 6.54 Å². The lowest BCUT2D eigenvalue weighted by Gasteiger charge is -2.07. The van der Waals surface area contributed by atoms with Crippen molar-refractivity contribution < 1.29 is 18.0 Å². The molecule has 0 aliphatic rings. The van der Waals surface area contributed by atoms with E-state index in [1.54, 1.807) is 12.1 Å². The predicted molar refractivity (Wildman–Crippen MR) is 80.7 cm³/mol. The van der Waals surface area contributed by atoms with Gasteiger partial charge in [-0.1, -0.05) is 17.7 Å². The maximum atomic E-state index is 12.6. The Labute approximate surface area is 135 Å². The van der Waals surface area contributed by atoms with E-state index < -0.39 is 23.7 Å². The topological polar surface area (TPSA) is 81.0 Å². The summed E-state index contributed by atoms with van der Waals surface area (Å²) in [6.07, 6.45) is -4.71. The molecule has 0 unspecified atom stereocenters. The summed E-state index contributed by atoms with van der Waals surface area (Å²) >= 11 is 0. The second kappa shape index (κ2) is 6.77. The van der Waals surface area contributed by atoms with Gasteiger partial charge in [0.25, 0.3) is 0 Å². The number of hydrogen-bond donors (Lipinski definition) is 2. The van der Waals surface area contributed by atoms with Gasteiger partial charge in [0.15, 0.2) is 0 Å². The molecule has 24 heavy (non-hydrogen) atoms. The molecule has 0 saturated heterocycles. The molecule has 1 aromatic heterocycles. The highest BCUT2D eigenvalue weighted by molar-refractivity contribution is 5.89. The lowest BCUT2D eigenvalue weighted by molar-refractivity contribution is -0.147. The molecule has 2 aromatic rings. The molecule has 0 aliphatic carbocycles. The van der Waals surface area contributed by atoms with Gasteiger partial charge in [-0.05, 0) is 19.1 Å². The number of benzene rings is 1. The quantitative estimate of drug-likeness (QED) is 0.887. The number of alkyl halides is 3. The van der Waals surface area contributed by atoms with Crippen molar-refractivity contribution in [3.8, 4) is 0 Å². The van der Waals surface area contributed by atoms with Crippen molar-refractivity contribution in [1.29, 1.82) is 0 Å². The maximum absolute atomic E-state index is 12.6. The Morgan fingerprint density at radius 3 is 2.42 bits per heavy atom. The zero-order valence-electron chi connectivity index (χ0n) is 13.0. The van der Waals surface area contributed by atoms with E-state index in [0.717, 1.165) is 12.6 Å². The molecule has 0 radical (unpaired) electrons. The molecular weight excluding hydrogens is 327 g/mol. The van der Waals surface area contributed by atoms with Gasteiger partial charge in [-0.15, -0.1) is 5.10 Å². The first kappa shape index (κ1) is 17.6. The van der Waals surface area contributed by atoms with Crippen LogP contribution in [0, 0.1) is 6.92 Å². The van der Waals surface area contributed by atoms with Crippen LogP contribution in [0.15, 0.2) is 29.1 Å². The SMILES string of the molecule is Cc1ccc(NC(=O)NCCn2nc(C(F)(F)F)n(C)c2=O)cc1. The van der Waals surface area contributed by atoms with Crippen LogP contribution < -0.4 is 16.3 Å². The Morgan fingerprint density at radius 2 is 1.88 bits per heavy atom. The van der Waals surface area contributed by atoms with E-state index in [9.17, 15) is 22.8 Å². The van der Waals surface area contributed by atoms with Crippen LogP contribution in [0.3, 0.4) is 0 Å². The van der Waals surface area contributed by atoms with E-state index in [4.69, 9.17) is 0 Å². The zero-order chi connectivity index (χ0) is 17.9. The van der Waals surface area contributed by atoms with Gasteiger partial charge in [-0.2, -0.15) is 13.2 Å². The first-order chi connectivity index (χ1) is 11.2. The molecule has 0 bridgehead atoms. The molecule has 0 spiro atoms. The molecule has 0 fully saturated rings. The number of carbonyl (C=O) groups excluding carboxylic acids is 1. The number of aromatic nitrogens is 3. The van der Waals surface area contributed by atoms with Crippen LogP contribution in [0.4, 0.5) is 23.7 Å². The second-order valence-corrected chi connectivity index (χ2v) is 5.13. The van der Waals surface area contributed by atoms with Crippen molar-refractivity contribution >= 4 is 11.7 Å². The summed E-state index contributed by atoms with van der Waals surface area (Å²) in [7, 11) is 0.992. The first-order valence-electron chi connectivity index (χ1n) is 7.01. The summed E-state index contributed by atoms with van der Waals surface area (Å²) in [6, 6.07) is 6.55. The fourth-order valence-corrected chi connectivity index (χ4v) is 1.97. The number of carbonyl (C=O) groups is 1. The molecule has 10 heteroatoms. The number of anilines is 1. The number of rotatable bonds is 4. The Bertz CT molecular complexity index is 777. The highest BCUT2D eigenvalue weighted by atomic mass is 19.4. The monoisotopic (exact) mass is 343 g/mol. The van der Waals surface area contributed by atoms with E-state index in [1.807, 2.05) is 19.1 Å². The molecule has 0 saturated carbocycles. The third-order valence-corrected chi connectivity index (χ3v) is 3.21. The zero-order valence-corrected chi connectivity index (χ0v) is 13.0. The van der Waals surface area contributed by atoms with E-state index in [-0.39, 0.29) is 13.1 Å². The van der Waals surface area contributed by atoms with Gasteiger partial charge in [0, 0.05) is 19.3 Å². The minimum Gasteiger partial charge on any atom is -0.336 e. The van der Waals surface area contributed by atoms with E-state index in [2.05, 4.69) is 15.7 Å². The fourth-order valence-electron chi connectivity index (χ4n) is 1.97. The van der Waals surface area contributed by atoms with Gasteiger partial charge in [0.1, 0.15) is 0 Å². The van der Waals surface area contributed by atoms with Gasteiger partial charge < -0.3 is 10.6 Å². The van der Waals surface area contributed by atoms with Gasteiger partial charge in [-0.25, -0.2) is 14.3 Å². The van der Waals surface area contributed by atoms with Gasteiger partial charge >= 0.3 is 17.9 Å². The summed E-state index contributed by atoms with van der Waals surface area (Å²) in [5.74, 6) is -1.28. The van der Waals surface area contributed by atoms with Crippen LogP contribution in [-0.2, 0) is 19.8 Å². The Kier molecular flexibility index (Phi) is 4.96. The largest absolute Gasteiger partial charge is 0.451 e. The summed E-state index contributed by atoms with van der Waals surface area (Å²) in [4.78, 5) is 23.4. The number of nitrogens with one attached hydrogen (secondary N) is 2. The van der Waals surface area contributed by atoms with Crippen LogP contribution in [0.1, 0.15) is 11.4 Å². The van der Waals surface area contributed by atoms with Crippen molar-refractivity contribution in [3.05, 3.63) is 46.1 Å². The van der Waals surface area contributed by atoms with Crippen LogP contribution in [0.5, 0.6) is 0 Å². The summed E-state index contributed by atoms with van der Waals surface area (Å²) < 4.78 is 39.0. The lowest BCUT2D eigenvalue weighted by Crippen LogP contribution is -2.34. The molecule has 7 nitrogen and oxygen atoms in total. The average molecular weight is 343 g/mol. The highest BCUT2D eigenvalue weighted by Crippen LogP contribution is 2.25. The van der Waals surface area contributed by atoms with Crippen LogP contribution in [-0.4, -0.2) is 26.9 Å². The highest BCUT2D eigenvalue weighted by Gasteiger charge is 2.37. The van der Waals surface area contributed by atoms with Crippen molar-refractivity contribution in [2.75, 3.05) is 11.9 Å². The fraction of sp³-hybridized carbons (Fsp3) is 0.357. The molecule has 2 N–H and O–H groups in total. The standard InChI is InChI=1S/C14H16F3N5O2/c1-9-3-5-10(6-4-9)19-12(23)18-7-8-22-13(24)21(2)11(20-22)14(15,16)17/h3-6H,7-8H2,1-2H3,(H2,18,19,23). The molecule has 2 rings (SSSR count). The summed E-state index contributed by atoms with van der Waals surface area (Å²) in [5.41, 5.74) is 0.714. The van der Waals surface area contributed by atoms with Crippen molar-refractivity contribution in [2.24, 2.45) is 7.05 Å². The smallest absolute Gasteiger partial charge is 0.336 e. The van der Waals surface area contributed by atoms with E-state index in [1.165, 1.54) is 0 Å². The first-order valence-corrected chi connectivity index (χ1v) is 7.01. The summed E-state index contributed by atoms with van der Waals surface area (Å²) in [5, 5.41) is 8.26. The van der Waals surface area contributed by atoms with Crippen LogP contribution in [0.25, 0.3) is 0 Å². The van der Waals surface area contributed by atoms with Crippen molar-refractivity contribution in [2.45, 2.75) is 19.6 Å². The predicted octanol–water partition coefficient (Wildman–Crippen LogP) is 1.73. The number of amides is 2. The van der Waals surface area contributed by atoms with E-state index in [0.29, 0.717) is 14.9 Å². The summed E-state index contributed by atoms with van der Waals surface area (Å²) in [6.45, 7) is 1.68. The minimum atomic E-state index is -4.71. The van der Waals surface area contributed by atoms with Crippen molar-refractivity contribution in [3.63, 3.8) is 0 Å². The number of nitrogens with zero attached hydrogens (tertiary/aromatic N) is 3. The molecule has 0 aliphatic heterocycles. The second-order valence-electron chi connectivity index (χ2n) is 5.13. The normalized spacial score (nSPS) is 11.4. The Morgan fingerprint density at radius 1 is 1.25 bits per heavy atom. The maximum Gasteiger partial charge on any atom is 0.451 e. The lowest BCUT2D eigenvalue weighted by atomic mass is 10.2. The molecular formula is C14H16F3N5O2. The Balaban J connectivity index is 1.91. The van der Waals surface area contributed by atoms with Crippen LogP contribution >= 0.6 is 0 Å². The van der Waals surface area contributed by atoms with Gasteiger partial charge in [0.2, 0.25) is 5.82 Å². The van der Waals surface area contributed by atoms with Gasteiger partial charge in [-0.3, -0.25) is 4.57 Å². The third kappa shape index (κ3) is 4.15. The molecule has 2 amide bonds. The minimum absolute atomic E-state index is 0.0497. The average Bonchev–Trinajstić information content (AvgIpc) is 2.78. The molecule has 1 aromatic carbocycles. The van der Waals surface area contributed by atoms with E-state index >= 15 is 0 Å².